The van der Waals surface area contributed by atoms with E-state index in [0.29, 0.717) is 16.5 Å². The fourth-order valence-corrected chi connectivity index (χ4v) is 4.06. The lowest BCUT2D eigenvalue weighted by molar-refractivity contribution is 0.458. The molecule has 1 saturated heterocycles. The van der Waals surface area contributed by atoms with Gasteiger partial charge in [-0.2, -0.15) is 0 Å². The van der Waals surface area contributed by atoms with Crippen molar-refractivity contribution in [3.05, 3.63) is 0 Å². The Morgan fingerprint density at radius 2 is 2.14 bits per heavy atom. The van der Waals surface area contributed by atoms with Crippen LogP contribution in [0.4, 0.5) is 0 Å². The van der Waals surface area contributed by atoms with Crippen molar-refractivity contribution >= 4 is 10.8 Å². The summed E-state index contributed by atoms with van der Waals surface area (Å²) >= 11 is 0. The van der Waals surface area contributed by atoms with Gasteiger partial charge in [-0.15, -0.1) is 0 Å². The van der Waals surface area contributed by atoms with Crippen molar-refractivity contribution in [3.63, 3.8) is 0 Å². The predicted octanol–water partition coefficient (Wildman–Crippen LogP) is 2.06. The zero-order valence-corrected chi connectivity index (χ0v) is 10.4. The highest BCUT2D eigenvalue weighted by atomic mass is 32.2. The molecule has 4 atom stereocenters. The molecule has 0 aromatic heterocycles. The Kier molecular flexibility index (Phi) is 5.10. The Hall–Kier alpha value is 0.110. The smallest absolute Gasteiger partial charge is 0.0501 e. The van der Waals surface area contributed by atoms with E-state index in [4.69, 9.17) is 0 Å². The van der Waals surface area contributed by atoms with Crippen molar-refractivity contribution in [1.29, 1.82) is 0 Å². The van der Waals surface area contributed by atoms with Gasteiger partial charge in [-0.05, 0) is 25.8 Å². The second-order valence-corrected chi connectivity index (χ2v) is 6.29. The first-order chi connectivity index (χ1) is 6.70. The molecule has 0 aromatic carbocycles. The molecule has 1 aliphatic rings. The fourth-order valence-electron chi connectivity index (χ4n) is 2.23. The van der Waals surface area contributed by atoms with E-state index in [1.54, 1.807) is 0 Å². The van der Waals surface area contributed by atoms with Crippen LogP contribution in [0.1, 0.15) is 46.5 Å². The second kappa shape index (κ2) is 5.86. The molecule has 84 valence electrons. The minimum atomic E-state index is -0.634. The van der Waals surface area contributed by atoms with Crippen LogP contribution in [0.3, 0.4) is 0 Å². The van der Waals surface area contributed by atoms with Gasteiger partial charge in [0.05, 0.1) is 5.25 Å². The largest absolute Gasteiger partial charge is 0.313 e. The summed E-state index contributed by atoms with van der Waals surface area (Å²) < 4.78 is 12.1. The lowest BCUT2D eigenvalue weighted by Crippen LogP contribution is -2.40. The van der Waals surface area contributed by atoms with Gasteiger partial charge in [-0.25, -0.2) is 0 Å². The highest BCUT2D eigenvalue weighted by molar-refractivity contribution is 7.86. The van der Waals surface area contributed by atoms with Crippen LogP contribution in [0.15, 0.2) is 0 Å². The summed E-state index contributed by atoms with van der Waals surface area (Å²) in [4.78, 5) is 0. The van der Waals surface area contributed by atoms with E-state index in [1.165, 1.54) is 6.42 Å². The number of hydrogen-bond donors (Lipinski definition) is 1. The molecule has 3 heteroatoms. The van der Waals surface area contributed by atoms with Crippen LogP contribution in [-0.2, 0) is 10.8 Å². The van der Waals surface area contributed by atoms with E-state index < -0.39 is 10.8 Å². The Morgan fingerprint density at radius 3 is 2.71 bits per heavy atom. The molecule has 0 saturated carbocycles. The van der Waals surface area contributed by atoms with Gasteiger partial charge in [0.15, 0.2) is 0 Å². The molecule has 4 unspecified atom stereocenters. The van der Waals surface area contributed by atoms with Gasteiger partial charge in [-0.3, -0.25) is 4.21 Å². The van der Waals surface area contributed by atoms with Crippen LogP contribution in [0.5, 0.6) is 0 Å². The maximum atomic E-state index is 12.1. The molecular weight excluding hydrogens is 194 g/mol. The Labute approximate surface area is 90.3 Å². The van der Waals surface area contributed by atoms with Gasteiger partial charge in [-0.1, -0.05) is 27.2 Å². The third kappa shape index (κ3) is 2.80. The fraction of sp³-hybridized carbons (Fsp3) is 1.00. The maximum absolute atomic E-state index is 12.1. The lowest BCUT2D eigenvalue weighted by atomic mass is 10.1. The van der Waals surface area contributed by atoms with E-state index in [0.717, 1.165) is 25.8 Å². The number of nitrogens with one attached hydrogen (secondary N) is 1. The normalized spacial score (nSPS) is 39.4. The van der Waals surface area contributed by atoms with Gasteiger partial charge >= 0.3 is 0 Å². The first kappa shape index (κ1) is 12.2. The van der Waals surface area contributed by atoms with Gasteiger partial charge < -0.3 is 5.32 Å². The SMILES string of the molecule is CCCC1NCCC(C)S(=O)C1CC. The third-order valence-corrected chi connectivity index (χ3v) is 5.39. The van der Waals surface area contributed by atoms with E-state index in [9.17, 15) is 4.21 Å². The summed E-state index contributed by atoms with van der Waals surface area (Å²) in [6.07, 6.45) is 4.44. The molecule has 0 bridgehead atoms. The average Bonchev–Trinajstić information content (AvgIpc) is 2.29. The highest BCUT2D eigenvalue weighted by Crippen LogP contribution is 2.20. The summed E-state index contributed by atoms with van der Waals surface area (Å²) in [5.41, 5.74) is 0. The van der Waals surface area contributed by atoms with Crippen LogP contribution in [0.2, 0.25) is 0 Å². The molecule has 2 nitrogen and oxygen atoms in total. The molecule has 0 radical (unpaired) electrons. The van der Waals surface area contributed by atoms with Crippen LogP contribution in [0.25, 0.3) is 0 Å². The highest BCUT2D eigenvalue weighted by Gasteiger charge is 2.30. The van der Waals surface area contributed by atoms with E-state index >= 15 is 0 Å². The van der Waals surface area contributed by atoms with Gasteiger partial charge in [0.2, 0.25) is 0 Å². The first-order valence-corrected chi connectivity index (χ1v) is 7.11. The first-order valence-electron chi connectivity index (χ1n) is 5.83. The number of hydrogen-bond acceptors (Lipinski definition) is 2. The maximum Gasteiger partial charge on any atom is 0.0501 e. The predicted molar refractivity (Wildman–Crippen MR) is 63.0 cm³/mol. The standard InChI is InChI=1S/C11H23NOS/c1-4-6-10-11(5-2)14(13)9(3)7-8-12-10/h9-12H,4-8H2,1-3H3. The zero-order chi connectivity index (χ0) is 10.6. The van der Waals surface area contributed by atoms with E-state index in [2.05, 4.69) is 26.1 Å². The van der Waals surface area contributed by atoms with Crippen LogP contribution >= 0.6 is 0 Å². The molecule has 1 aliphatic heterocycles. The van der Waals surface area contributed by atoms with Crippen molar-refractivity contribution in [2.24, 2.45) is 0 Å². The molecule has 1 rings (SSSR count). The monoisotopic (exact) mass is 217 g/mol. The summed E-state index contributed by atoms with van der Waals surface area (Å²) in [6, 6.07) is 0.482. The zero-order valence-electron chi connectivity index (χ0n) is 9.58. The van der Waals surface area contributed by atoms with Gasteiger partial charge in [0.1, 0.15) is 0 Å². The summed E-state index contributed by atoms with van der Waals surface area (Å²) in [7, 11) is -0.634. The molecule has 1 N–H and O–H groups in total. The van der Waals surface area contributed by atoms with Crippen LogP contribution in [-0.4, -0.2) is 27.3 Å². The molecule has 1 heterocycles. The minimum Gasteiger partial charge on any atom is -0.313 e. The molecule has 0 amide bonds. The Bertz CT molecular complexity index is 196. The third-order valence-electron chi connectivity index (χ3n) is 3.10. The van der Waals surface area contributed by atoms with Crippen molar-refractivity contribution in [2.75, 3.05) is 6.54 Å². The van der Waals surface area contributed by atoms with E-state index in [1.807, 2.05) is 0 Å². The minimum absolute atomic E-state index is 0.368. The topological polar surface area (TPSA) is 29.1 Å². The summed E-state index contributed by atoms with van der Waals surface area (Å²) in [6.45, 7) is 7.51. The van der Waals surface area contributed by atoms with Crippen molar-refractivity contribution < 1.29 is 4.21 Å². The molecule has 0 spiro atoms. The molecule has 1 fully saturated rings. The Morgan fingerprint density at radius 1 is 1.43 bits per heavy atom. The van der Waals surface area contributed by atoms with Crippen LogP contribution in [0, 0.1) is 0 Å². The molecule has 0 aliphatic carbocycles. The molecule has 0 aromatic rings. The summed E-state index contributed by atoms with van der Waals surface area (Å²) in [5.74, 6) is 0. The van der Waals surface area contributed by atoms with Gasteiger partial charge in [0, 0.05) is 22.1 Å². The van der Waals surface area contributed by atoms with Crippen LogP contribution < -0.4 is 5.32 Å². The average molecular weight is 217 g/mol. The van der Waals surface area contributed by atoms with E-state index in [-0.39, 0.29) is 0 Å². The molecular formula is C11H23NOS. The van der Waals surface area contributed by atoms with Crippen molar-refractivity contribution in [1.82, 2.24) is 5.32 Å². The summed E-state index contributed by atoms with van der Waals surface area (Å²) in [5, 5.41) is 4.29. The van der Waals surface area contributed by atoms with Gasteiger partial charge in [0.25, 0.3) is 0 Å². The second-order valence-electron chi connectivity index (χ2n) is 4.22. The number of rotatable bonds is 3. The molecule has 14 heavy (non-hydrogen) atoms. The lowest BCUT2D eigenvalue weighted by Gasteiger charge is -2.24. The Balaban J connectivity index is 2.69. The van der Waals surface area contributed by atoms with Crippen molar-refractivity contribution in [2.45, 2.75) is 63.0 Å². The van der Waals surface area contributed by atoms with Crippen molar-refractivity contribution in [3.8, 4) is 0 Å². The quantitative estimate of drug-likeness (QED) is 0.784.